The van der Waals surface area contributed by atoms with E-state index in [1.165, 1.54) is 0 Å². The molecule has 1 saturated carbocycles. The molecular formula is C11H15N5O. The predicted octanol–water partition coefficient (Wildman–Crippen LogP) is 0.833. The lowest BCUT2D eigenvalue weighted by molar-refractivity contribution is 0.0535. The van der Waals surface area contributed by atoms with Crippen molar-refractivity contribution in [2.75, 3.05) is 12.8 Å². The van der Waals surface area contributed by atoms with E-state index in [9.17, 15) is 0 Å². The molecule has 2 unspecified atom stereocenters. The Hall–Kier alpha value is -1.69. The van der Waals surface area contributed by atoms with E-state index in [4.69, 9.17) is 10.5 Å². The maximum absolute atomic E-state index is 5.60. The number of ether oxygens (including phenoxy) is 1. The van der Waals surface area contributed by atoms with Gasteiger partial charge in [-0.1, -0.05) is 6.92 Å². The summed E-state index contributed by atoms with van der Waals surface area (Å²) < 4.78 is 7.58. The molecule has 1 aliphatic carbocycles. The molecule has 2 heterocycles. The minimum atomic E-state index is -0.0622. The second-order valence-corrected chi connectivity index (χ2v) is 4.68. The number of aromatic nitrogens is 4. The van der Waals surface area contributed by atoms with E-state index in [1.807, 2.05) is 4.57 Å². The van der Waals surface area contributed by atoms with Gasteiger partial charge in [-0.15, -0.1) is 0 Å². The Bertz CT molecular complexity index is 562. The van der Waals surface area contributed by atoms with Crippen LogP contribution in [0.25, 0.3) is 11.2 Å². The number of fused-ring (bicyclic) bond motifs is 1. The van der Waals surface area contributed by atoms with E-state index in [1.54, 1.807) is 19.6 Å². The Kier molecular flexibility index (Phi) is 2.09. The average Bonchev–Trinajstić information content (AvgIpc) is 2.79. The zero-order valence-corrected chi connectivity index (χ0v) is 9.92. The van der Waals surface area contributed by atoms with E-state index in [0.29, 0.717) is 5.92 Å². The summed E-state index contributed by atoms with van der Waals surface area (Å²) in [5, 5.41) is 0. The van der Waals surface area contributed by atoms with Gasteiger partial charge in [0, 0.05) is 7.11 Å². The average molecular weight is 233 g/mol. The molecule has 6 heteroatoms. The smallest absolute Gasteiger partial charge is 0.222 e. The van der Waals surface area contributed by atoms with Crippen LogP contribution in [0.5, 0.6) is 0 Å². The first-order chi connectivity index (χ1) is 8.14. The van der Waals surface area contributed by atoms with Crippen LogP contribution >= 0.6 is 0 Å². The van der Waals surface area contributed by atoms with E-state index < -0.39 is 0 Å². The van der Waals surface area contributed by atoms with Gasteiger partial charge in [0.15, 0.2) is 5.65 Å². The number of anilines is 1. The molecule has 90 valence electrons. The molecule has 0 aliphatic heterocycles. The van der Waals surface area contributed by atoms with Gasteiger partial charge in [0.05, 0.1) is 24.7 Å². The molecule has 3 rings (SSSR count). The highest BCUT2D eigenvalue weighted by Crippen LogP contribution is 2.47. The summed E-state index contributed by atoms with van der Waals surface area (Å²) in [4.78, 5) is 12.4. The monoisotopic (exact) mass is 233 g/mol. The molecule has 0 bridgehead atoms. The summed E-state index contributed by atoms with van der Waals surface area (Å²) in [6.07, 6.45) is 4.48. The summed E-state index contributed by atoms with van der Waals surface area (Å²) in [6.45, 7) is 2.95. The van der Waals surface area contributed by atoms with Crippen LogP contribution in [0.3, 0.4) is 0 Å². The molecule has 2 N–H and O–H groups in total. The summed E-state index contributed by atoms with van der Waals surface area (Å²) in [7, 11) is 1.76. The van der Waals surface area contributed by atoms with Crippen LogP contribution in [0.15, 0.2) is 12.5 Å². The number of nitrogens with two attached hydrogens (primary N) is 1. The molecular weight excluding hydrogens is 218 g/mol. The van der Waals surface area contributed by atoms with Crippen molar-refractivity contribution in [2.24, 2.45) is 5.92 Å². The molecule has 0 saturated heterocycles. The number of nitrogens with zero attached hydrogens (tertiary/aromatic N) is 4. The number of methoxy groups -OCH3 is 1. The molecule has 0 radical (unpaired) electrons. The van der Waals surface area contributed by atoms with Gasteiger partial charge in [-0.25, -0.2) is 9.97 Å². The molecule has 2 aromatic heterocycles. The van der Waals surface area contributed by atoms with Gasteiger partial charge in [-0.3, -0.25) is 0 Å². The molecule has 1 aliphatic rings. The Labute approximate surface area is 98.8 Å². The highest BCUT2D eigenvalue weighted by Gasteiger charge is 2.52. The highest BCUT2D eigenvalue weighted by atomic mass is 16.5. The molecule has 2 atom stereocenters. The van der Waals surface area contributed by atoms with E-state index >= 15 is 0 Å². The van der Waals surface area contributed by atoms with Crippen molar-refractivity contribution in [1.82, 2.24) is 19.5 Å². The second-order valence-electron chi connectivity index (χ2n) is 4.68. The van der Waals surface area contributed by atoms with Crippen molar-refractivity contribution in [2.45, 2.75) is 25.5 Å². The van der Waals surface area contributed by atoms with Crippen molar-refractivity contribution in [3.8, 4) is 0 Å². The third-order valence-electron chi connectivity index (χ3n) is 3.61. The zero-order chi connectivity index (χ0) is 12.0. The number of nitrogen functional groups attached to an aromatic ring is 1. The number of imidazole rings is 1. The molecule has 0 amide bonds. The number of hydrogen-bond donors (Lipinski definition) is 1. The van der Waals surface area contributed by atoms with E-state index in [0.717, 1.165) is 24.1 Å². The maximum atomic E-state index is 5.60. The first-order valence-electron chi connectivity index (χ1n) is 5.63. The summed E-state index contributed by atoms with van der Waals surface area (Å²) in [5.74, 6) is 0.846. The lowest BCUT2D eigenvalue weighted by Gasteiger charge is -2.15. The van der Waals surface area contributed by atoms with Crippen LogP contribution < -0.4 is 5.73 Å². The largest absolute Gasteiger partial charge is 0.376 e. The predicted molar refractivity (Wildman–Crippen MR) is 63.3 cm³/mol. The van der Waals surface area contributed by atoms with Crippen LogP contribution in [-0.2, 0) is 11.3 Å². The normalized spacial score (nSPS) is 27.5. The van der Waals surface area contributed by atoms with Crippen LogP contribution in [0.1, 0.15) is 13.3 Å². The van der Waals surface area contributed by atoms with Crippen LogP contribution in [0, 0.1) is 5.92 Å². The van der Waals surface area contributed by atoms with Crippen molar-refractivity contribution in [3.63, 3.8) is 0 Å². The summed E-state index contributed by atoms with van der Waals surface area (Å²) in [5.41, 5.74) is 7.07. The fourth-order valence-corrected chi connectivity index (χ4v) is 2.30. The Balaban J connectivity index is 1.98. The van der Waals surface area contributed by atoms with Gasteiger partial charge in [-0.05, 0) is 12.3 Å². The third-order valence-corrected chi connectivity index (χ3v) is 3.61. The minimum absolute atomic E-state index is 0.0622. The lowest BCUT2D eigenvalue weighted by Crippen LogP contribution is -2.22. The first-order valence-corrected chi connectivity index (χ1v) is 5.63. The van der Waals surface area contributed by atoms with Gasteiger partial charge in [0.2, 0.25) is 5.95 Å². The molecule has 2 aromatic rings. The van der Waals surface area contributed by atoms with E-state index in [2.05, 4.69) is 21.9 Å². The van der Waals surface area contributed by atoms with Crippen molar-refractivity contribution in [3.05, 3.63) is 12.5 Å². The summed E-state index contributed by atoms with van der Waals surface area (Å²) in [6, 6.07) is 0. The Morgan fingerprint density at radius 1 is 1.59 bits per heavy atom. The van der Waals surface area contributed by atoms with Crippen LogP contribution in [0.4, 0.5) is 5.95 Å². The van der Waals surface area contributed by atoms with Crippen molar-refractivity contribution in [1.29, 1.82) is 0 Å². The summed E-state index contributed by atoms with van der Waals surface area (Å²) >= 11 is 0. The van der Waals surface area contributed by atoms with Crippen LogP contribution in [0.2, 0.25) is 0 Å². The fraction of sp³-hybridized carbons (Fsp3) is 0.545. The molecule has 0 spiro atoms. The minimum Gasteiger partial charge on any atom is -0.376 e. The third kappa shape index (κ3) is 1.56. The van der Waals surface area contributed by atoms with Gasteiger partial charge in [0.1, 0.15) is 5.52 Å². The number of rotatable bonds is 3. The lowest BCUT2D eigenvalue weighted by atomic mass is 10.2. The molecule has 6 nitrogen and oxygen atoms in total. The maximum Gasteiger partial charge on any atom is 0.222 e. The van der Waals surface area contributed by atoms with Gasteiger partial charge in [0.25, 0.3) is 0 Å². The SMILES string of the molecule is COC1(Cn2cnc3cnc(N)nc32)CC1C. The van der Waals surface area contributed by atoms with Crippen LogP contribution in [-0.4, -0.2) is 32.2 Å². The zero-order valence-electron chi connectivity index (χ0n) is 9.92. The van der Waals surface area contributed by atoms with Crippen molar-refractivity contribution >= 4 is 17.1 Å². The second kappa shape index (κ2) is 3.40. The highest BCUT2D eigenvalue weighted by molar-refractivity contribution is 5.70. The van der Waals surface area contributed by atoms with Gasteiger partial charge >= 0.3 is 0 Å². The Morgan fingerprint density at radius 3 is 3.00 bits per heavy atom. The van der Waals surface area contributed by atoms with Crippen molar-refractivity contribution < 1.29 is 4.74 Å². The molecule has 1 fully saturated rings. The van der Waals surface area contributed by atoms with Gasteiger partial charge < -0.3 is 15.0 Å². The van der Waals surface area contributed by atoms with Gasteiger partial charge in [-0.2, -0.15) is 4.98 Å². The molecule has 0 aromatic carbocycles. The standard InChI is InChI=1S/C11H15N5O/c1-7-3-11(7,17-2)5-16-6-14-8-4-13-10(12)15-9(8)16/h4,6-7H,3,5H2,1-2H3,(H2,12,13,15). The topological polar surface area (TPSA) is 78.8 Å². The Morgan fingerprint density at radius 2 is 2.35 bits per heavy atom. The van der Waals surface area contributed by atoms with E-state index in [-0.39, 0.29) is 11.5 Å². The fourth-order valence-electron chi connectivity index (χ4n) is 2.30. The number of hydrogen-bond acceptors (Lipinski definition) is 5. The first kappa shape index (κ1) is 10.5. The quantitative estimate of drug-likeness (QED) is 0.849. The molecule has 17 heavy (non-hydrogen) atoms.